The minimum atomic E-state index is -0.260. The predicted octanol–water partition coefficient (Wildman–Crippen LogP) is 4.01. The Kier molecular flexibility index (Phi) is 6.01. The van der Waals surface area contributed by atoms with Crippen LogP contribution < -0.4 is 16.0 Å². The highest BCUT2D eigenvalue weighted by molar-refractivity contribution is 6.05. The Hall–Kier alpha value is -2.76. The molecule has 6 nitrogen and oxygen atoms in total. The second kappa shape index (κ2) is 8.19. The number of benzene rings is 1. The van der Waals surface area contributed by atoms with Crippen LogP contribution in [0.5, 0.6) is 0 Å². The number of furan rings is 1. The molecular weight excluding hydrogens is 306 g/mol. The highest BCUT2D eigenvalue weighted by Crippen LogP contribution is 2.17. The fraction of sp³-hybridized carbons (Fsp3) is 0.333. The van der Waals surface area contributed by atoms with Gasteiger partial charge < -0.3 is 20.4 Å². The number of hydrogen-bond acceptors (Lipinski definition) is 3. The summed E-state index contributed by atoms with van der Waals surface area (Å²) in [6, 6.07) is 8.42. The van der Waals surface area contributed by atoms with Crippen LogP contribution in [-0.4, -0.2) is 18.0 Å². The summed E-state index contributed by atoms with van der Waals surface area (Å²) in [5, 5.41) is 8.30. The van der Waals surface area contributed by atoms with Gasteiger partial charge in [0.15, 0.2) is 0 Å². The molecule has 2 aromatic rings. The van der Waals surface area contributed by atoms with E-state index in [1.165, 1.54) is 6.26 Å². The van der Waals surface area contributed by atoms with Crippen LogP contribution in [0.1, 0.15) is 43.3 Å². The van der Waals surface area contributed by atoms with Crippen molar-refractivity contribution in [3.8, 4) is 0 Å². The van der Waals surface area contributed by atoms with Gasteiger partial charge in [-0.3, -0.25) is 4.79 Å². The van der Waals surface area contributed by atoms with Crippen molar-refractivity contribution < 1.29 is 14.0 Å². The SMILES string of the molecule is CCCc1occc1C(=O)Nc1ccc(NC(=O)NC(C)C)cc1. The lowest BCUT2D eigenvalue weighted by Crippen LogP contribution is -2.34. The first-order valence-electron chi connectivity index (χ1n) is 8.05. The van der Waals surface area contributed by atoms with Crippen LogP contribution in [0.15, 0.2) is 41.0 Å². The maximum atomic E-state index is 12.3. The molecule has 0 radical (unpaired) electrons. The van der Waals surface area contributed by atoms with Crippen molar-refractivity contribution in [2.24, 2.45) is 0 Å². The van der Waals surface area contributed by atoms with Gasteiger partial charge in [-0.1, -0.05) is 6.92 Å². The summed E-state index contributed by atoms with van der Waals surface area (Å²) in [6.07, 6.45) is 3.16. The number of hydrogen-bond donors (Lipinski definition) is 3. The van der Waals surface area contributed by atoms with E-state index in [4.69, 9.17) is 4.42 Å². The largest absolute Gasteiger partial charge is 0.469 e. The maximum absolute atomic E-state index is 12.3. The zero-order valence-electron chi connectivity index (χ0n) is 14.2. The Morgan fingerprint density at radius 1 is 1.04 bits per heavy atom. The fourth-order valence-corrected chi connectivity index (χ4v) is 2.23. The molecule has 6 heteroatoms. The zero-order valence-corrected chi connectivity index (χ0v) is 14.2. The van der Waals surface area contributed by atoms with Gasteiger partial charge in [0.05, 0.1) is 11.8 Å². The quantitative estimate of drug-likeness (QED) is 0.748. The van der Waals surface area contributed by atoms with Crippen molar-refractivity contribution in [1.29, 1.82) is 0 Å². The van der Waals surface area contributed by atoms with Gasteiger partial charge in [0.25, 0.3) is 5.91 Å². The first-order chi connectivity index (χ1) is 11.5. The second-order valence-corrected chi connectivity index (χ2v) is 5.79. The molecule has 128 valence electrons. The smallest absolute Gasteiger partial charge is 0.319 e. The normalized spacial score (nSPS) is 10.5. The molecule has 24 heavy (non-hydrogen) atoms. The summed E-state index contributed by atoms with van der Waals surface area (Å²) < 4.78 is 5.34. The van der Waals surface area contributed by atoms with Crippen molar-refractivity contribution in [3.63, 3.8) is 0 Å². The van der Waals surface area contributed by atoms with Crippen LogP contribution in [0, 0.1) is 0 Å². The molecule has 0 fully saturated rings. The molecule has 3 N–H and O–H groups in total. The van der Waals surface area contributed by atoms with Gasteiger partial charge in [0.1, 0.15) is 5.76 Å². The molecule has 0 aliphatic heterocycles. The lowest BCUT2D eigenvalue weighted by molar-refractivity contribution is 0.102. The standard InChI is InChI=1S/C18H23N3O3/c1-4-5-16-15(10-11-24-16)17(22)20-13-6-8-14(9-7-13)21-18(23)19-12(2)3/h6-12H,4-5H2,1-3H3,(H,20,22)(H2,19,21,23). The van der Waals surface area contributed by atoms with E-state index in [9.17, 15) is 9.59 Å². The molecule has 0 bridgehead atoms. The Labute approximate surface area is 141 Å². The molecule has 3 amide bonds. The molecule has 0 saturated carbocycles. The third-order valence-electron chi connectivity index (χ3n) is 3.29. The molecule has 0 atom stereocenters. The van der Waals surface area contributed by atoms with E-state index < -0.39 is 0 Å². The molecule has 0 spiro atoms. The summed E-state index contributed by atoms with van der Waals surface area (Å²) >= 11 is 0. The van der Waals surface area contributed by atoms with E-state index in [0.29, 0.717) is 22.7 Å². The van der Waals surface area contributed by atoms with Gasteiger partial charge in [-0.2, -0.15) is 0 Å². The van der Waals surface area contributed by atoms with E-state index in [0.717, 1.165) is 12.8 Å². The van der Waals surface area contributed by atoms with Crippen molar-refractivity contribution in [2.75, 3.05) is 10.6 Å². The molecular formula is C18H23N3O3. The molecule has 2 rings (SSSR count). The van der Waals surface area contributed by atoms with Crippen LogP contribution in [-0.2, 0) is 6.42 Å². The van der Waals surface area contributed by atoms with Crippen molar-refractivity contribution >= 4 is 23.3 Å². The topological polar surface area (TPSA) is 83.4 Å². The predicted molar refractivity (Wildman–Crippen MR) is 94.4 cm³/mol. The average Bonchev–Trinajstić information content (AvgIpc) is 2.97. The summed E-state index contributed by atoms with van der Waals surface area (Å²) in [5.74, 6) is 0.490. The minimum Gasteiger partial charge on any atom is -0.469 e. The maximum Gasteiger partial charge on any atom is 0.319 e. The third-order valence-corrected chi connectivity index (χ3v) is 3.29. The van der Waals surface area contributed by atoms with E-state index in [-0.39, 0.29) is 18.0 Å². The van der Waals surface area contributed by atoms with Crippen LogP contribution in [0.3, 0.4) is 0 Å². The Morgan fingerprint density at radius 2 is 1.67 bits per heavy atom. The first kappa shape index (κ1) is 17.6. The Bertz CT molecular complexity index is 690. The van der Waals surface area contributed by atoms with E-state index in [1.807, 2.05) is 20.8 Å². The van der Waals surface area contributed by atoms with E-state index in [2.05, 4.69) is 16.0 Å². The second-order valence-electron chi connectivity index (χ2n) is 5.79. The van der Waals surface area contributed by atoms with Gasteiger partial charge in [-0.25, -0.2) is 4.79 Å². The van der Waals surface area contributed by atoms with Crippen LogP contribution in [0.2, 0.25) is 0 Å². The van der Waals surface area contributed by atoms with Crippen LogP contribution >= 0.6 is 0 Å². The lowest BCUT2D eigenvalue weighted by Gasteiger charge is -2.11. The number of anilines is 2. The van der Waals surface area contributed by atoms with Gasteiger partial charge in [-0.15, -0.1) is 0 Å². The lowest BCUT2D eigenvalue weighted by atomic mass is 10.1. The molecule has 0 aliphatic carbocycles. The fourth-order valence-electron chi connectivity index (χ4n) is 2.23. The summed E-state index contributed by atoms with van der Waals surface area (Å²) in [7, 11) is 0. The summed E-state index contributed by atoms with van der Waals surface area (Å²) in [5.41, 5.74) is 1.86. The number of urea groups is 1. The molecule has 1 aromatic carbocycles. The van der Waals surface area contributed by atoms with Gasteiger partial charge in [0, 0.05) is 23.8 Å². The highest BCUT2D eigenvalue weighted by Gasteiger charge is 2.14. The first-order valence-corrected chi connectivity index (χ1v) is 8.05. The van der Waals surface area contributed by atoms with Gasteiger partial charge in [-0.05, 0) is 50.6 Å². The van der Waals surface area contributed by atoms with E-state index in [1.54, 1.807) is 30.3 Å². The van der Waals surface area contributed by atoms with Crippen molar-refractivity contribution in [3.05, 3.63) is 47.9 Å². The van der Waals surface area contributed by atoms with Crippen molar-refractivity contribution in [1.82, 2.24) is 5.32 Å². The molecule has 0 unspecified atom stereocenters. The van der Waals surface area contributed by atoms with Gasteiger partial charge >= 0.3 is 6.03 Å². The van der Waals surface area contributed by atoms with Gasteiger partial charge in [0.2, 0.25) is 0 Å². The Balaban J connectivity index is 1.97. The van der Waals surface area contributed by atoms with Crippen LogP contribution in [0.4, 0.5) is 16.2 Å². The number of aryl methyl sites for hydroxylation is 1. The van der Waals surface area contributed by atoms with Crippen molar-refractivity contribution in [2.45, 2.75) is 39.7 Å². The summed E-state index contributed by atoms with van der Waals surface area (Å²) in [4.78, 5) is 23.9. The summed E-state index contributed by atoms with van der Waals surface area (Å²) in [6.45, 7) is 5.81. The Morgan fingerprint density at radius 3 is 2.25 bits per heavy atom. The highest BCUT2D eigenvalue weighted by atomic mass is 16.3. The number of nitrogens with one attached hydrogen (secondary N) is 3. The average molecular weight is 329 g/mol. The molecule has 0 saturated heterocycles. The number of rotatable bonds is 6. The van der Waals surface area contributed by atoms with Crippen LogP contribution in [0.25, 0.3) is 0 Å². The molecule has 0 aliphatic rings. The number of carbonyl (C=O) groups excluding carboxylic acids is 2. The van der Waals surface area contributed by atoms with E-state index >= 15 is 0 Å². The number of amides is 3. The monoisotopic (exact) mass is 329 g/mol. The molecule has 1 aromatic heterocycles. The number of carbonyl (C=O) groups is 2. The zero-order chi connectivity index (χ0) is 17.5. The molecule has 1 heterocycles. The minimum absolute atomic E-state index is 0.0656. The third kappa shape index (κ3) is 4.87.